The van der Waals surface area contributed by atoms with Crippen LogP contribution in [0.5, 0.6) is 0 Å². The summed E-state index contributed by atoms with van der Waals surface area (Å²) < 4.78 is 0. The fraction of sp³-hybridized carbons (Fsp3) is 0.400. The van der Waals surface area contributed by atoms with E-state index in [1.165, 1.54) is 0 Å². The quantitative estimate of drug-likeness (QED) is 0.775. The van der Waals surface area contributed by atoms with Gasteiger partial charge in [-0.2, -0.15) is 0 Å². The summed E-state index contributed by atoms with van der Waals surface area (Å²) in [4.78, 5) is 14.8. The van der Waals surface area contributed by atoms with Crippen molar-refractivity contribution in [1.82, 2.24) is 10.3 Å². The molecule has 0 saturated heterocycles. The number of fused-ring (bicyclic) bond motifs is 3. The molecular formula is C15H18N2O2. The molecule has 2 aromatic rings. The third-order valence-electron chi connectivity index (χ3n) is 4.27. The van der Waals surface area contributed by atoms with Crippen LogP contribution in [0.1, 0.15) is 31.5 Å². The zero-order chi connectivity index (χ0) is 13.6. The summed E-state index contributed by atoms with van der Waals surface area (Å²) in [5.41, 5.74) is 3.05. The lowest BCUT2D eigenvalue weighted by molar-refractivity contribution is -0.140. The average Bonchev–Trinajstić information content (AvgIpc) is 2.78. The summed E-state index contributed by atoms with van der Waals surface area (Å²) in [6, 6.07) is 7.58. The van der Waals surface area contributed by atoms with Crippen LogP contribution in [0.25, 0.3) is 10.9 Å². The molecule has 0 amide bonds. The summed E-state index contributed by atoms with van der Waals surface area (Å²) >= 11 is 0. The number of carboxylic acids is 1. The molecule has 1 aromatic carbocycles. The molecule has 0 radical (unpaired) electrons. The molecule has 2 unspecified atom stereocenters. The highest BCUT2D eigenvalue weighted by molar-refractivity contribution is 5.87. The van der Waals surface area contributed by atoms with E-state index in [0.29, 0.717) is 6.42 Å². The van der Waals surface area contributed by atoms with Crippen molar-refractivity contribution in [3.05, 3.63) is 35.5 Å². The summed E-state index contributed by atoms with van der Waals surface area (Å²) in [6.45, 7) is 4.14. The lowest BCUT2D eigenvalue weighted by Crippen LogP contribution is -2.53. The maximum absolute atomic E-state index is 11.4. The van der Waals surface area contributed by atoms with Crippen molar-refractivity contribution in [3.63, 3.8) is 0 Å². The predicted octanol–water partition coefficient (Wildman–Crippen LogP) is 2.39. The fourth-order valence-electron chi connectivity index (χ4n) is 3.02. The van der Waals surface area contributed by atoms with Crippen molar-refractivity contribution in [1.29, 1.82) is 0 Å². The summed E-state index contributed by atoms with van der Waals surface area (Å²) in [7, 11) is 0. The molecule has 100 valence electrons. The van der Waals surface area contributed by atoms with Crippen LogP contribution in [0.3, 0.4) is 0 Å². The number of H-pyrrole nitrogens is 1. The molecule has 3 rings (SSSR count). The van der Waals surface area contributed by atoms with Gasteiger partial charge in [0.15, 0.2) is 0 Å². The number of aromatic amines is 1. The van der Waals surface area contributed by atoms with Crippen LogP contribution in [-0.4, -0.2) is 22.1 Å². The first-order chi connectivity index (χ1) is 9.05. The van der Waals surface area contributed by atoms with Crippen molar-refractivity contribution >= 4 is 16.9 Å². The molecule has 1 aromatic heterocycles. The molecule has 4 nitrogen and oxygen atoms in total. The molecule has 0 fully saturated rings. The SMILES string of the molecule is CCC1(C)NC(C(=O)O)Cc2c1[nH]c1ccccc21. The van der Waals surface area contributed by atoms with Gasteiger partial charge in [-0.05, 0) is 25.0 Å². The number of rotatable bonds is 2. The highest BCUT2D eigenvalue weighted by atomic mass is 16.4. The second kappa shape index (κ2) is 4.10. The standard InChI is InChI=1S/C15H18N2O2/c1-3-15(2)13-10(8-12(17-15)14(18)19)9-6-4-5-7-11(9)16-13/h4-7,12,16-17H,3,8H2,1-2H3,(H,18,19). The van der Waals surface area contributed by atoms with E-state index in [1.54, 1.807) is 0 Å². The average molecular weight is 258 g/mol. The van der Waals surface area contributed by atoms with Crippen molar-refractivity contribution in [2.24, 2.45) is 0 Å². The zero-order valence-electron chi connectivity index (χ0n) is 11.2. The van der Waals surface area contributed by atoms with Gasteiger partial charge in [-0.25, -0.2) is 0 Å². The first kappa shape index (κ1) is 12.2. The third-order valence-corrected chi connectivity index (χ3v) is 4.27. The molecule has 0 spiro atoms. The van der Waals surface area contributed by atoms with Gasteiger partial charge in [-0.15, -0.1) is 0 Å². The number of carbonyl (C=O) groups is 1. The van der Waals surface area contributed by atoms with Gasteiger partial charge in [0, 0.05) is 23.0 Å². The number of nitrogens with one attached hydrogen (secondary N) is 2. The topological polar surface area (TPSA) is 65.1 Å². The Morgan fingerprint density at radius 1 is 1.47 bits per heavy atom. The minimum Gasteiger partial charge on any atom is -0.480 e. The van der Waals surface area contributed by atoms with Crippen molar-refractivity contribution in [2.75, 3.05) is 0 Å². The number of aliphatic carboxylic acids is 1. The second-order valence-electron chi connectivity index (χ2n) is 5.45. The Hall–Kier alpha value is -1.81. The van der Waals surface area contributed by atoms with Gasteiger partial charge in [-0.3, -0.25) is 10.1 Å². The highest BCUT2D eigenvalue weighted by Gasteiger charge is 2.39. The smallest absolute Gasteiger partial charge is 0.321 e. The largest absolute Gasteiger partial charge is 0.480 e. The molecular weight excluding hydrogens is 240 g/mol. The van der Waals surface area contributed by atoms with Crippen LogP contribution in [0, 0.1) is 0 Å². The Bertz CT molecular complexity index is 647. The fourth-order valence-corrected chi connectivity index (χ4v) is 3.02. The number of aromatic nitrogens is 1. The van der Waals surface area contributed by atoms with E-state index in [1.807, 2.05) is 18.2 Å². The second-order valence-corrected chi connectivity index (χ2v) is 5.45. The number of benzene rings is 1. The number of carboxylic acid groups (broad SMARTS) is 1. The van der Waals surface area contributed by atoms with Crippen molar-refractivity contribution in [3.8, 4) is 0 Å². The number of para-hydroxylation sites is 1. The third kappa shape index (κ3) is 1.75. The zero-order valence-corrected chi connectivity index (χ0v) is 11.2. The minimum absolute atomic E-state index is 0.310. The number of hydrogen-bond acceptors (Lipinski definition) is 2. The van der Waals surface area contributed by atoms with E-state index in [4.69, 9.17) is 0 Å². The van der Waals surface area contributed by atoms with Gasteiger partial charge in [0.05, 0.1) is 5.54 Å². The van der Waals surface area contributed by atoms with Crippen LogP contribution in [-0.2, 0) is 16.8 Å². The Labute approximate surface area is 111 Å². The van der Waals surface area contributed by atoms with Gasteiger partial charge < -0.3 is 10.1 Å². The summed E-state index contributed by atoms with van der Waals surface area (Å²) in [5.74, 6) is -0.782. The van der Waals surface area contributed by atoms with E-state index >= 15 is 0 Å². The molecule has 0 aliphatic carbocycles. The van der Waals surface area contributed by atoms with Gasteiger partial charge in [0.25, 0.3) is 0 Å². The van der Waals surface area contributed by atoms with Gasteiger partial charge in [-0.1, -0.05) is 25.1 Å². The Kier molecular flexibility index (Phi) is 2.64. The Morgan fingerprint density at radius 3 is 2.89 bits per heavy atom. The van der Waals surface area contributed by atoms with Crippen LogP contribution in [0.15, 0.2) is 24.3 Å². The van der Waals surface area contributed by atoms with E-state index in [-0.39, 0.29) is 5.54 Å². The van der Waals surface area contributed by atoms with E-state index < -0.39 is 12.0 Å². The van der Waals surface area contributed by atoms with Gasteiger partial charge in [0.2, 0.25) is 0 Å². The Morgan fingerprint density at radius 2 is 2.21 bits per heavy atom. The van der Waals surface area contributed by atoms with Crippen LogP contribution < -0.4 is 5.32 Å². The minimum atomic E-state index is -0.782. The van der Waals surface area contributed by atoms with E-state index in [9.17, 15) is 9.90 Å². The molecule has 19 heavy (non-hydrogen) atoms. The van der Waals surface area contributed by atoms with Crippen LogP contribution >= 0.6 is 0 Å². The van der Waals surface area contributed by atoms with Gasteiger partial charge >= 0.3 is 5.97 Å². The highest BCUT2D eigenvalue weighted by Crippen LogP contribution is 2.36. The molecule has 1 aliphatic heterocycles. The first-order valence-corrected chi connectivity index (χ1v) is 6.65. The van der Waals surface area contributed by atoms with Crippen molar-refractivity contribution in [2.45, 2.75) is 38.3 Å². The lowest BCUT2D eigenvalue weighted by Gasteiger charge is -2.37. The lowest BCUT2D eigenvalue weighted by atomic mass is 9.83. The molecule has 2 atom stereocenters. The van der Waals surface area contributed by atoms with Crippen LogP contribution in [0.4, 0.5) is 0 Å². The molecule has 3 N–H and O–H groups in total. The normalized spacial score (nSPS) is 26.3. The summed E-state index contributed by atoms with van der Waals surface area (Å²) in [5, 5.41) is 13.7. The van der Waals surface area contributed by atoms with Crippen LogP contribution in [0.2, 0.25) is 0 Å². The predicted molar refractivity (Wildman–Crippen MR) is 74.2 cm³/mol. The van der Waals surface area contributed by atoms with E-state index in [2.05, 4.69) is 30.2 Å². The Balaban J connectivity index is 2.23. The van der Waals surface area contributed by atoms with E-state index in [0.717, 1.165) is 28.6 Å². The van der Waals surface area contributed by atoms with Gasteiger partial charge in [0.1, 0.15) is 6.04 Å². The first-order valence-electron chi connectivity index (χ1n) is 6.65. The molecule has 2 heterocycles. The molecule has 1 aliphatic rings. The molecule has 0 saturated carbocycles. The number of hydrogen-bond donors (Lipinski definition) is 3. The molecule has 4 heteroatoms. The maximum Gasteiger partial charge on any atom is 0.321 e. The molecule has 0 bridgehead atoms. The maximum atomic E-state index is 11.4. The van der Waals surface area contributed by atoms with Crippen molar-refractivity contribution < 1.29 is 9.90 Å². The summed E-state index contributed by atoms with van der Waals surface area (Å²) in [6.07, 6.45) is 1.38. The monoisotopic (exact) mass is 258 g/mol.